The van der Waals surface area contributed by atoms with Crippen LogP contribution in [0.1, 0.15) is 0 Å². The predicted octanol–water partition coefficient (Wildman–Crippen LogP) is -0.890. The van der Waals surface area contributed by atoms with Crippen molar-refractivity contribution >= 4 is 0 Å². The first kappa shape index (κ1) is 11.7. The SMILES string of the molecule is C=CCN1CCN(CC(O)CN)CC1. The Morgan fingerprint density at radius 1 is 1.29 bits per heavy atom. The summed E-state index contributed by atoms with van der Waals surface area (Å²) in [5.74, 6) is 0. The molecule has 4 heteroatoms. The molecular formula is C10H21N3O. The number of β-amino-alcohol motifs (C(OH)–C–C–N with tert-alkyl or cyclic N) is 1. The molecule has 0 aliphatic carbocycles. The standard InChI is InChI=1S/C10H21N3O/c1-2-3-12-4-6-13(7-5-12)9-10(14)8-11/h2,10,14H,1,3-9,11H2. The third kappa shape index (κ3) is 3.75. The largest absolute Gasteiger partial charge is 0.390 e. The molecule has 1 aliphatic rings. The quantitative estimate of drug-likeness (QED) is 0.564. The van der Waals surface area contributed by atoms with Gasteiger partial charge in [-0.25, -0.2) is 0 Å². The minimum Gasteiger partial charge on any atom is -0.390 e. The molecule has 0 aromatic heterocycles. The second-order valence-corrected chi connectivity index (χ2v) is 3.78. The van der Waals surface area contributed by atoms with E-state index < -0.39 is 0 Å². The van der Waals surface area contributed by atoms with Crippen molar-refractivity contribution in [2.45, 2.75) is 6.10 Å². The molecule has 0 aromatic carbocycles. The van der Waals surface area contributed by atoms with Gasteiger partial charge in [0.05, 0.1) is 6.10 Å². The predicted molar refractivity (Wildman–Crippen MR) is 58.1 cm³/mol. The Morgan fingerprint density at radius 2 is 1.86 bits per heavy atom. The van der Waals surface area contributed by atoms with Crippen LogP contribution in [0, 0.1) is 0 Å². The van der Waals surface area contributed by atoms with Crippen molar-refractivity contribution < 1.29 is 5.11 Å². The fraction of sp³-hybridized carbons (Fsp3) is 0.800. The van der Waals surface area contributed by atoms with Gasteiger partial charge in [-0.15, -0.1) is 6.58 Å². The van der Waals surface area contributed by atoms with E-state index in [2.05, 4.69) is 16.4 Å². The average Bonchev–Trinajstić information content (AvgIpc) is 2.21. The number of hydrogen-bond acceptors (Lipinski definition) is 4. The van der Waals surface area contributed by atoms with E-state index in [4.69, 9.17) is 5.73 Å². The lowest BCUT2D eigenvalue weighted by atomic mass is 10.2. The Morgan fingerprint density at radius 3 is 2.36 bits per heavy atom. The van der Waals surface area contributed by atoms with E-state index in [1.165, 1.54) is 0 Å². The molecule has 82 valence electrons. The highest BCUT2D eigenvalue weighted by molar-refractivity contribution is 4.79. The van der Waals surface area contributed by atoms with Crippen molar-refractivity contribution in [3.63, 3.8) is 0 Å². The van der Waals surface area contributed by atoms with Crippen LogP contribution in [-0.4, -0.2) is 66.8 Å². The molecule has 1 fully saturated rings. The summed E-state index contributed by atoms with van der Waals surface area (Å²) in [6.07, 6.45) is 1.56. The lowest BCUT2D eigenvalue weighted by molar-refractivity contribution is 0.0805. The van der Waals surface area contributed by atoms with Crippen molar-refractivity contribution in [1.82, 2.24) is 9.80 Å². The van der Waals surface area contributed by atoms with E-state index in [-0.39, 0.29) is 6.10 Å². The Bertz CT molecular complexity index is 167. The fourth-order valence-corrected chi connectivity index (χ4v) is 1.71. The van der Waals surface area contributed by atoms with Gasteiger partial charge >= 0.3 is 0 Å². The van der Waals surface area contributed by atoms with Crippen LogP contribution in [0.4, 0.5) is 0 Å². The van der Waals surface area contributed by atoms with Crippen LogP contribution in [0.15, 0.2) is 12.7 Å². The molecule has 1 heterocycles. The highest BCUT2D eigenvalue weighted by Crippen LogP contribution is 2.02. The van der Waals surface area contributed by atoms with Gasteiger partial charge in [0, 0.05) is 45.8 Å². The zero-order valence-corrected chi connectivity index (χ0v) is 8.73. The van der Waals surface area contributed by atoms with Crippen LogP contribution in [0.5, 0.6) is 0 Å². The lowest BCUT2D eigenvalue weighted by Crippen LogP contribution is -2.49. The number of hydrogen-bond donors (Lipinski definition) is 2. The third-order valence-corrected chi connectivity index (χ3v) is 2.59. The number of nitrogens with zero attached hydrogens (tertiary/aromatic N) is 2. The van der Waals surface area contributed by atoms with Crippen molar-refractivity contribution in [2.24, 2.45) is 5.73 Å². The first-order valence-corrected chi connectivity index (χ1v) is 5.20. The molecule has 1 rings (SSSR count). The molecule has 0 bridgehead atoms. The minimum absolute atomic E-state index is 0.354. The normalized spacial score (nSPS) is 22.1. The molecule has 3 N–H and O–H groups in total. The highest BCUT2D eigenvalue weighted by atomic mass is 16.3. The number of rotatable bonds is 5. The van der Waals surface area contributed by atoms with Gasteiger partial charge in [0.1, 0.15) is 0 Å². The summed E-state index contributed by atoms with van der Waals surface area (Å²) in [5, 5.41) is 9.38. The molecule has 4 nitrogen and oxygen atoms in total. The highest BCUT2D eigenvalue weighted by Gasteiger charge is 2.17. The Labute approximate surface area is 86.0 Å². The van der Waals surface area contributed by atoms with Crippen LogP contribution < -0.4 is 5.73 Å². The Hall–Kier alpha value is -0.420. The van der Waals surface area contributed by atoms with E-state index in [1.807, 2.05) is 6.08 Å². The van der Waals surface area contributed by atoms with Gasteiger partial charge in [0.15, 0.2) is 0 Å². The molecule has 0 radical (unpaired) electrons. The first-order valence-electron chi connectivity index (χ1n) is 5.20. The molecule has 1 aliphatic heterocycles. The summed E-state index contributed by atoms with van der Waals surface area (Å²) in [4.78, 5) is 4.62. The molecule has 0 saturated carbocycles. The maximum atomic E-state index is 9.38. The Kier molecular flexibility index (Phi) is 5.11. The maximum Gasteiger partial charge on any atom is 0.0789 e. The number of aliphatic hydroxyl groups is 1. The molecule has 14 heavy (non-hydrogen) atoms. The molecule has 1 saturated heterocycles. The topological polar surface area (TPSA) is 52.7 Å². The smallest absolute Gasteiger partial charge is 0.0789 e. The van der Waals surface area contributed by atoms with Crippen LogP contribution >= 0.6 is 0 Å². The van der Waals surface area contributed by atoms with Gasteiger partial charge in [0.25, 0.3) is 0 Å². The van der Waals surface area contributed by atoms with Crippen LogP contribution in [0.3, 0.4) is 0 Å². The summed E-state index contributed by atoms with van der Waals surface area (Å²) >= 11 is 0. The van der Waals surface area contributed by atoms with Crippen molar-refractivity contribution in [3.05, 3.63) is 12.7 Å². The number of piperazine rings is 1. The van der Waals surface area contributed by atoms with Gasteiger partial charge in [-0.3, -0.25) is 9.80 Å². The van der Waals surface area contributed by atoms with Crippen molar-refractivity contribution in [3.8, 4) is 0 Å². The van der Waals surface area contributed by atoms with Crippen LogP contribution in [0.25, 0.3) is 0 Å². The van der Waals surface area contributed by atoms with Crippen LogP contribution in [-0.2, 0) is 0 Å². The fourth-order valence-electron chi connectivity index (χ4n) is 1.71. The summed E-state index contributed by atoms with van der Waals surface area (Å²) < 4.78 is 0. The molecule has 0 aromatic rings. The third-order valence-electron chi connectivity index (χ3n) is 2.59. The van der Waals surface area contributed by atoms with E-state index in [0.717, 1.165) is 32.7 Å². The van der Waals surface area contributed by atoms with Gasteiger partial charge in [-0.2, -0.15) is 0 Å². The summed E-state index contributed by atoms with van der Waals surface area (Å²) in [5.41, 5.74) is 5.36. The van der Waals surface area contributed by atoms with E-state index in [0.29, 0.717) is 13.1 Å². The first-order chi connectivity index (χ1) is 6.76. The molecule has 0 spiro atoms. The molecular weight excluding hydrogens is 178 g/mol. The van der Waals surface area contributed by atoms with Crippen LogP contribution in [0.2, 0.25) is 0 Å². The Balaban J connectivity index is 2.18. The number of nitrogens with two attached hydrogens (primary N) is 1. The molecule has 1 atom stereocenters. The van der Waals surface area contributed by atoms with Gasteiger partial charge in [-0.1, -0.05) is 6.08 Å². The monoisotopic (exact) mass is 199 g/mol. The molecule has 0 amide bonds. The zero-order valence-electron chi connectivity index (χ0n) is 8.73. The van der Waals surface area contributed by atoms with E-state index in [9.17, 15) is 5.11 Å². The van der Waals surface area contributed by atoms with E-state index in [1.54, 1.807) is 0 Å². The number of aliphatic hydroxyl groups excluding tert-OH is 1. The summed E-state index contributed by atoms with van der Waals surface area (Å²) in [6.45, 7) is 9.91. The van der Waals surface area contributed by atoms with Gasteiger partial charge in [0.2, 0.25) is 0 Å². The average molecular weight is 199 g/mol. The van der Waals surface area contributed by atoms with Gasteiger partial charge in [-0.05, 0) is 0 Å². The van der Waals surface area contributed by atoms with Crippen molar-refractivity contribution in [1.29, 1.82) is 0 Å². The van der Waals surface area contributed by atoms with Gasteiger partial charge < -0.3 is 10.8 Å². The lowest BCUT2D eigenvalue weighted by Gasteiger charge is -2.34. The molecule has 1 unspecified atom stereocenters. The maximum absolute atomic E-state index is 9.38. The van der Waals surface area contributed by atoms with E-state index >= 15 is 0 Å². The second-order valence-electron chi connectivity index (χ2n) is 3.78. The minimum atomic E-state index is -0.374. The zero-order chi connectivity index (χ0) is 10.4. The summed E-state index contributed by atoms with van der Waals surface area (Å²) in [6, 6.07) is 0. The second kappa shape index (κ2) is 6.14. The summed E-state index contributed by atoms with van der Waals surface area (Å²) in [7, 11) is 0. The van der Waals surface area contributed by atoms with Crippen molar-refractivity contribution in [2.75, 3.05) is 45.8 Å².